The van der Waals surface area contributed by atoms with Crippen LogP contribution in [0.2, 0.25) is 0 Å². The van der Waals surface area contributed by atoms with Gasteiger partial charge >= 0.3 is 0 Å². The minimum atomic E-state index is -1.39. The largest absolute Gasteiger partial charge is 0.459 e. The van der Waals surface area contributed by atoms with E-state index in [0.717, 1.165) is 51.9 Å². The van der Waals surface area contributed by atoms with E-state index < -0.39 is 11.6 Å². The van der Waals surface area contributed by atoms with Crippen molar-refractivity contribution in [3.8, 4) is 11.1 Å². The number of fused-ring (bicyclic) bond motifs is 3. The van der Waals surface area contributed by atoms with E-state index in [9.17, 15) is 8.78 Å². The highest BCUT2D eigenvalue weighted by atomic mass is 19.1. The van der Waals surface area contributed by atoms with Gasteiger partial charge in [-0.1, -0.05) is 12.1 Å². The van der Waals surface area contributed by atoms with E-state index in [4.69, 9.17) is 4.42 Å². The van der Waals surface area contributed by atoms with Gasteiger partial charge in [0.15, 0.2) is 0 Å². The third-order valence-corrected chi connectivity index (χ3v) is 6.38. The van der Waals surface area contributed by atoms with E-state index in [1.54, 1.807) is 19.9 Å². The maximum absolute atomic E-state index is 14.8. The van der Waals surface area contributed by atoms with Crippen LogP contribution in [0.3, 0.4) is 0 Å². The lowest BCUT2D eigenvalue weighted by Crippen LogP contribution is -2.47. The highest BCUT2D eigenvalue weighted by Gasteiger charge is 2.40. The van der Waals surface area contributed by atoms with Crippen molar-refractivity contribution in [3.63, 3.8) is 0 Å². The van der Waals surface area contributed by atoms with E-state index in [2.05, 4.69) is 34.9 Å². The normalized spacial score (nSPS) is 19.2. The lowest BCUT2D eigenvalue weighted by molar-refractivity contribution is 0.0598. The topological polar surface area (TPSA) is 47.1 Å². The molecule has 5 nitrogen and oxygen atoms in total. The summed E-state index contributed by atoms with van der Waals surface area (Å²) in [7, 11) is 0. The summed E-state index contributed by atoms with van der Waals surface area (Å²) >= 11 is 0. The number of benzene rings is 1. The van der Waals surface area contributed by atoms with Crippen LogP contribution in [0.25, 0.3) is 22.1 Å². The lowest BCUT2D eigenvalue weighted by atomic mass is 9.88. The Morgan fingerprint density at radius 1 is 1.15 bits per heavy atom. The second-order valence-electron chi connectivity index (χ2n) is 9.50. The van der Waals surface area contributed by atoms with Gasteiger partial charge in [0.05, 0.1) is 12.2 Å². The molecule has 4 aromatic rings. The molecule has 4 heterocycles. The second-order valence-corrected chi connectivity index (χ2v) is 9.50. The first-order chi connectivity index (χ1) is 15.7. The van der Waals surface area contributed by atoms with Crippen molar-refractivity contribution in [2.75, 3.05) is 6.54 Å². The summed E-state index contributed by atoms with van der Waals surface area (Å²) in [5.74, 6) is 0.240. The molecular formula is C26H28F2N4O. The number of hydrogen-bond donors (Lipinski definition) is 0. The smallest absolute Gasteiger partial charge is 0.212 e. The Hall–Kier alpha value is -3.06. The summed E-state index contributed by atoms with van der Waals surface area (Å²) in [6, 6.07) is 8.95. The van der Waals surface area contributed by atoms with Crippen LogP contribution < -0.4 is 0 Å². The molecule has 3 aromatic heterocycles. The van der Waals surface area contributed by atoms with Gasteiger partial charge in [0.2, 0.25) is 5.95 Å². The van der Waals surface area contributed by atoms with E-state index >= 15 is 0 Å². The molecule has 1 aliphatic heterocycles. The standard InChI is InChI=1S/C26H28F2N4O/c1-5-31-14-19(13-30-31)17-6-8-22-20(11-17)21-10-16(2)32(15-26(3,4)28)24(25(21)33-22)18-7-9-23(27)29-12-18/h6-9,11-14,16,24H,5,10,15H2,1-4H3. The predicted molar refractivity (Wildman–Crippen MR) is 124 cm³/mol. The number of hydrogen-bond acceptors (Lipinski definition) is 4. The number of aryl methyl sites for hydroxylation is 1. The second kappa shape index (κ2) is 8.06. The molecule has 0 bridgehead atoms. The van der Waals surface area contributed by atoms with E-state index in [-0.39, 0.29) is 18.6 Å². The van der Waals surface area contributed by atoms with E-state index in [1.165, 1.54) is 12.3 Å². The van der Waals surface area contributed by atoms with Crippen LogP contribution in [-0.2, 0) is 13.0 Å². The fourth-order valence-corrected chi connectivity index (χ4v) is 4.86. The third kappa shape index (κ3) is 4.06. The molecule has 0 amide bonds. The molecule has 0 N–H and O–H groups in total. The Kier molecular flexibility index (Phi) is 5.32. The number of rotatable bonds is 5. The zero-order valence-corrected chi connectivity index (χ0v) is 19.3. The summed E-state index contributed by atoms with van der Waals surface area (Å²) in [5, 5.41) is 5.45. The Morgan fingerprint density at radius 3 is 2.64 bits per heavy atom. The molecule has 0 saturated heterocycles. The Labute approximate surface area is 192 Å². The van der Waals surface area contributed by atoms with Gasteiger partial charge in [-0.3, -0.25) is 9.58 Å². The maximum atomic E-state index is 14.8. The van der Waals surface area contributed by atoms with Gasteiger partial charge in [-0.05, 0) is 63.4 Å². The molecular weight excluding hydrogens is 422 g/mol. The maximum Gasteiger partial charge on any atom is 0.212 e. The van der Waals surface area contributed by atoms with Crippen LogP contribution in [0.5, 0.6) is 0 Å². The quantitative estimate of drug-likeness (QED) is 0.353. The molecule has 1 aliphatic rings. The monoisotopic (exact) mass is 450 g/mol. The van der Waals surface area contributed by atoms with Gasteiger partial charge in [0.25, 0.3) is 0 Å². The molecule has 0 aliphatic carbocycles. The molecule has 1 aromatic carbocycles. The lowest BCUT2D eigenvalue weighted by Gasteiger charge is -2.41. The van der Waals surface area contributed by atoms with Crippen molar-refractivity contribution in [2.24, 2.45) is 0 Å². The molecule has 7 heteroatoms. The highest BCUT2D eigenvalue weighted by molar-refractivity contribution is 5.87. The molecule has 2 atom stereocenters. The first-order valence-electron chi connectivity index (χ1n) is 11.4. The summed E-state index contributed by atoms with van der Waals surface area (Å²) < 4.78 is 36.7. The molecule has 5 rings (SSSR count). The summed E-state index contributed by atoms with van der Waals surface area (Å²) in [4.78, 5) is 5.97. The fourth-order valence-electron chi connectivity index (χ4n) is 4.86. The SMILES string of the molecule is CCn1cc(-c2ccc3oc4c(c3c2)CC(C)N(CC(C)(C)F)C4c2ccc(F)nc2)cn1. The van der Waals surface area contributed by atoms with Gasteiger partial charge in [-0.25, -0.2) is 9.37 Å². The van der Waals surface area contributed by atoms with Crippen molar-refractivity contribution < 1.29 is 13.2 Å². The van der Waals surface area contributed by atoms with Gasteiger partial charge in [0, 0.05) is 48.0 Å². The summed E-state index contributed by atoms with van der Waals surface area (Å²) in [6.45, 7) is 8.37. The molecule has 0 fully saturated rings. The van der Waals surface area contributed by atoms with Crippen molar-refractivity contribution in [1.82, 2.24) is 19.7 Å². The fraction of sp³-hybridized carbons (Fsp3) is 0.385. The minimum absolute atomic E-state index is 0.0647. The summed E-state index contributed by atoms with van der Waals surface area (Å²) in [6.07, 6.45) is 6.17. The van der Waals surface area contributed by atoms with Gasteiger partial charge in [-0.2, -0.15) is 9.49 Å². The van der Waals surface area contributed by atoms with Crippen LogP contribution in [-0.4, -0.2) is 37.9 Å². The first kappa shape index (κ1) is 21.8. The Morgan fingerprint density at radius 2 is 1.97 bits per heavy atom. The van der Waals surface area contributed by atoms with Crippen LogP contribution >= 0.6 is 0 Å². The highest BCUT2D eigenvalue weighted by Crippen LogP contribution is 2.44. The first-order valence-corrected chi connectivity index (χ1v) is 11.4. The number of nitrogens with zero attached hydrogens (tertiary/aromatic N) is 4. The zero-order chi connectivity index (χ0) is 23.3. The van der Waals surface area contributed by atoms with Crippen molar-refractivity contribution in [2.45, 2.75) is 58.4 Å². The molecule has 172 valence electrons. The molecule has 0 spiro atoms. The average Bonchev–Trinajstić information content (AvgIpc) is 3.38. The van der Waals surface area contributed by atoms with Gasteiger partial charge in [-0.15, -0.1) is 0 Å². The summed E-state index contributed by atoms with van der Waals surface area (Å²) in [5.41, 5.74) is 3.43. The zero-order valence-electron chi connectivity index (χ0n) is 19.3. The van der Waals surface area contributed by atoms with Crippen LogP contribution in [0.15, 0.2) is 53.3 Å². The van der Waals surface area contributed by atoms with Crippen LogP contribution in [0, 0.1) is 5.95 Å². The molecule has 0 radical (unpaired) electrons. The molecule has 2 unspecified atom stereocenters. The predicted octanol–water partition coefficient (Wildman–Crippen LogP) is 5.93. The van der Waals surface area contributed by atoms with Crippen molar-refractivity contribution in [1.29, 1.82) is 0 Å². The number of aromatic nitrogens is 3. The van der Waals surface area contributed by atoms with Crippen molar-refractivity contribution in [3.05, 3.63) is 71.8 Å². The number of halogens is 2. The third-order valence-electron chi connectivity index (χ3n) is 6.38. The number of alkyl halides is 1. The van der Waals surface area contributed by atoms with Crippen LogP contribution in [0.4, 0.5) is 8.78 Å². The van der Waals surface area contributed by atoms with Crippen LogP contribution in [0.1, 0.15) is 50.6 Å². The molecule has 0 saturated carbocycles. The minimum Gasteiger partial charge on any atom is -0.459 e. The molecule has 33 heavy (non-hydrogen) atoms. The number of furan rings is 1. The van der Waals surface area contributed by atoms with Gasteiger partial charge < -0.3 is 4.42 Å². The Bertz CT molecular complexity index is 1290. The van der Waals surface area contributed by atoms with Crippen molar-refractivity contribution >= 4 is 11.0 Å². The van der Waals surface area contributed by atoms with E-state index in [0.29, 0.717) is 0 Å². The van der Waals surface area contributed by atoms with E-state index in [1.807, 2.05) is 29.2 Å². The number of pyridine rings is 1. The average molecular weight is 451 g/mol. The van der Waals surface area contributed by atoms with Gasteiger partial charge in [0.1, 0.15) is 17.0 Å². The Balaban J connectivity index is 1.65.